The summed E-state index contributed by atoms with van der Waals surface area (Å²) in [6.45, 7) is 15.0. The monoisotopic (exact) mass is 384 g/mol. The highest BCUT2D eigenvalue weighted by molar-refractivity contribution is 5.79. The van der Waals surface area contributed by atoms with Crippen LogP contribution in [0, 0.1) is 5.92 Å². The van der Waals surface area contributed by atoms with Crippen molar-refractivity contribution in [3.8, 4) is 0 Å². The van der Waals surface area contributed by atoms with Crippen LogP contribution < -0.4 is 5.32 Å². The molecule has 0 aliphatic carbocycles. The van der Waals surface area contributed by atoms with Crippen LogP contribution in [0.1, 0.15) is 53.9 Å². The van der Waals surface area contributed by atoms with Crippen molar-refractivity contribution in [3.63, 3.8) is 0 Å². The lowest BCUT2D eigenvalue weighted by molar-refractivity contribution is 0.0266. The third kappa shape index (κ3) is 9.84. The molecule has 7 nitrogen and oxygen atoms in total. The van der Waals surface area contributed by atoms with Crippen LogP contribution in [0.25, 0.3) is 0 Å². The molecule has 0 unspecified atom stereocenters. The van der Waals surface area contributed by atoms with Gasteiger partial charge in [-0.15, -0.1) is 0 Å². The smallest absolute Gasteiger partial charge is 0.410 e. The SMILES string of the molecule is CCNC(=NCCN(CC)C(=O)OC(C)(C)C)N(C)CCC1CCOCC1. The first-order chi connectivity index (χ1) is 12.8. The van der Waals surface area contributed by atoms with Crippen molar-refractivity contribution in [1.29, 1.82) is 0 Å². The highest BCUT2D eigenvalue weighted by Crippen LogP contribution is 2.18. The lowest BCUT2D eigenvalue weighted by Crippen LogP contribution is -2.41. The molecule has 1 N–H and O–H groups in total. The fraction of sp³-hybridized carbons (Fsp3) is 0.900. The Morgan fingerprint density at radius 1 is 1.22 bits per heavy atom. The number of amides is 1. The van der Waals surface area contributed by atoms with Crippen molar-refractivity contribution in [2.24, 2.45) is 10.9 Å². The predicted octanol–water partition coefficient (Wildman–Crippen LogP) is 2.96. The van der Waals surface area contributed by atoms with E-state index in [1.54, 1.807) is 4.90 Å². The number of guanidine groups is 1. The van der Waals surface area contributed by atoms with Crippen molar-refractivity contribution >= 4 is 12.1 Å². The molecule has 0 aromatic heterocycles. The maximum absolute atomic E-state index is 12.2. The summed E-state index contributed by atoms with van der Waals surface area (Å²) >= 11 is 0. The number of carbonyl (C=O) groups excluding carboxylic acids is 1. The molecular weight excluding hydrogens is 344 g/mol. The van der Waals surface area contributed by atoms with Crippen LogP contribution >= 0.6 is 0 Å². The highest BCUT2D eigenvalue weighted by atomic mass is 16.6. The molecule has 158 valence electrons. The Bertz CT molecular complexity index is 457. The molecule has 1 aliphatic heterocycles. The van der Waals surface area contributed by atoms with Crippen LogP contribution in [0.3, 0.4) is 0 Å². The summed E-state index contributed by atoms with van der Waals surface area (Å²) in [6, 6.07) is 0. The zero-order chi connectivity index (χ0) is 20.3. The topological polar surface area (TPSA) is 66.4 Å². The molecule has 0 saturated carbocycles. The Morgan fingerprint density at radius 2 is 1.89 bits per heavy atom. The van der Waals surface area contributed by atoms with Gasteiger partial charge in [0.25, 0.3) is 0 Å². The molecule has 1 heterocycles. The number of nitrogens with one attached hydrogen (secondary N) is 1. The van der Waals surface area contributed by atoms with Gasteiger partial charge in [0.05, 0.1) is 6.54 Å². The summed E-state index contributed by atoms with van der Waals surface area (Å²) in [7, 11) is 2.08. The first-order valence-electron chi connectivity index (χ1n) is 10.3. The van der Waals surface area contributed by atoms with Gasteiger partial charge < -0.3 is 24.6 Å². The van der Waals surface area contributed by atoms with Gasteiger partial charge in [-0.2, -0.15) is 0 Å². The normalized spacial score (nSPS) is 16.1. The van der Waals surface area contributed by atoms with Gasteiger partial charge in [-0.3, -0.25) is 4.99 Å². The van der Waals surface area contributed by atoms with E-state index in [4.69, 9.17) is 14.5 Å². The maximum atomic E-state index is 12.2. The summed E-state index contributed by atoms with van der Waals surface area (Å²) in [5.74, 6) is 1.64. The minimum Gasteiger partial charge on any atom is -0.444 e. The van der Waals surface area contributed by atoms with Gasteiger partial charge in [0.15, 0.2) is 5.96 Å². The number of hydrogen-bond acceptors (Lipinski definition) is 4. The number of likely N-dealkylation sites (N-methyl/N-ethyl adjacent to an activating group) is 1. The van der Waals surface area contributed by atoms with Gasteiger partial charge in [0.2, 0.25) is 0 Å². The molecule has 0 aromatic carbocycles. The number of ether oxygens (including phenoxy) is 2. The molecule has 1 rings (SSSR count). The second kappa shape index (κ2) is 12.1. The van der Waals surface area contributed by atoms with Crippen LogP contribution in [0.5, 0.6) is 0 Å². The lowest BCUT2D eigenvalue weighted by atomic mass is 9.96. The Balaban J connectivity index is 2.51. The minimum absolute atomic E-state index is 0.280. The van der Waals surface area contributed by atoms with E-state index >= 15 is 0 Å². The van der Waals surface area contributed by atoms with Gasteiger partial charge in [-0.1, -0.05) is 0 Å². The molecule has 0 spiro atoms. The zero-order valence-corrected chi connectivity index (χ0v) is 18.2. The quantitative estimate of drug-likeness (QED) is 0.515. The average molecular weight is 385 g/mol. The van der Waals surface area contributed by atoms with Crippen LogP contribution in [0.15, 0.2) is 4.99 Å². The molecule has 1 aliphatic rings. The molecular formula is C20H40N4O3. The first-order valence-corrected chi connectivity index (χ1v) is 10.3. The second-order valence-electron chi connectivity index (χ2n) is 8.06. The molecule has 0 radical (unpaired) electrons. The van der Waals surface area contributed by atoms with E-state index in [9.17, 15) is 4.79 Å². The third-order valence-electron chi connectivity index (χ3n) is 4.57. The molecule has 1 saturated heterocycles. The summed E-state index contributed by atoms with van der Waals surface area (Å²) in [6.07, 6.45) is 3.19. The van der Waals surface area contributed by atoms with Crippen molar-refractivity contribution in [1.82, 2.24) is 15.1 Å². The van der Waals surface area contributed by atoms with Crippen molar-refractivity contribution in [2.45, 2.75) is 59.5 Å². The Morgan fingerprint density at radius 3 is 2.44 bits per heavy atom. The van der Waals surface area contributed by atoms with Gasteiger partial charge in [0.1, 0.15) is 5.60 Å². The van der Waals surface area contributed by atoms with E-state index in [2.05, 4.69) is 24.2 Å². The Kier molecular flexibility index (Phi) is 10.5. The van der Waals surface area contributed by atoms with Crippen LogP contribution in [-0.2, 0) is 9.47 Å². The largest absolute Gasteiger partial charge is 0.444 e. The summed E-state index contributed by atoms with van der Waals surface area (Å²) in [5.41, 5.74) is -0.479. The number of aliphatic imine (C=N–C) groups is 1. The van der Waals surface area contributed by atoms with Gasteiger partial charge in [0, 0.05) is 46.4 Å². The van der Waals surface area contributed by atoms with Crippen LogP contribution in [-0.4, -0.2) is 80.4 Å². The Hall–Kier alpha value is -1.50. The summed E-state index contributed by atoms with van der Waals surface area (Å²) in [5, 5.41) is 3.35. The number of rotatable bonds is 8. The van der Waals surface area contributed by atoms with Crippen LogP contribution in [0.2, 0.25) is 0 Å². The van der Waals surface area contributed by atoms with Crippen LogP contribution in [0.4, 0.5) is 4.79 Å². The number of nitrogens with zero attached hydrogens (tertiary/aromatic N) is 3. The molecule has 1 amide bonds. The molecule has 7 heteroatoms. The predicted molar refractivity (Wildman–Crippen MR) is 110 cm³/mol. The van der Waals surface area contributed by atoms with Gasteiger partial charge in [-0.05, 0) is 59.8 Å². The van der Waals surface area contributed by atoms with E-state index in [0.717, 1.165) is 57.4 Å². The number of hydrogen-bond donors (Lipinski definition) is 1. The second-order valence-corrected chi connectivity index (χ2v) is 8.06. The molecule has 0 bridgehead atoms. The standard InChI is InChI=1S/C20H40N4O3/c1-7-21-18(23(6)13-9-17-10-15-26-16-11-17)22-12-14-24(8-2)19(25)27-20(3,4)5/h17H,7-16H2,1-6H3,(H,21,22). The van der Waals surface area contributed by atoms with E-state index in [-0.39, 0.29) is 6.09 Å². The summed E-state index contributed by atoms with van der Waals surface area (Å²) in [4.78, 5) is 20.8. The average Bonchev–Trinajstić information content (AvgIpc) is 2.61. The fourth-order valence-electron chi connectivity index (χ4n) is 2.97. The third-order valence-corrected chi connectivity index (χ3v) is 4.57. The van der Waals surface area contributed by atoms with Crippen molar-refractivity contribution in [3.05, 3.63) is 0 Å². The van der Waals surface area contributed by atoms with Gasteiger partial charge in [-0.25, -0.2) is 4.79 Å². The number of carbonyl (C=O) groups is 1. The zero-order valence-electron chi connectivity index (χ0n) is 18.2. The maximum Gasteiger partial charge on any atom is 0.410 e. The molecule has 0 atom stereocenters. The summed E-state index contributed by atoms with van der Waals surface area (Å²) < 4.78 is 10.9. The van der Waals surface area contributed by atoms with E-state index in [1.165, 1.54) is 0 Å². The lowest BCUT2D eigenvalue weighted by Gasteiger charge is -2.28. The molecule has 27 heavy (non-hydrogen) atoms. The highest BCUT2D eigenvalue weighted by Gasteiger charge is 2.21. The molecule has 0 aromatic rings. The van der Waals surface area contributed by atoms with E-state index in [1.807, 2.05) is 27.7 Å². The Labute approximate surface area is 165 Å². The fourth-order valence-corrected chi connectivity index (χ4v) is 2.97. The molecule has 1 fully saturated rings. The van der Waals surface area contributed by atoms with Crippen molar-refractivity contribution < 1.29 is 14.3 Å². The van der Waals surface area contributed by atoms with Gasteiger partial charge >= 0.3 is 6.09 Å². The van der Waals surface area contributed by atoms with Crippen molar-refractivity contribution in [2.75, 3.05) is 53.0 Å². The van der Waals surface area contributed by atoms with E-state index in [0.29, 0.717) is 19.6 Å². The minimum atomic E-state index is -0.479. The van der Waals surface area contributed by atoms with E-state index < -0.39 is 5.60 Å². The first kappa shape index (κ1) is 23.5.